The highest BCUT2D eigenvalue weighted by Crippen LogP contribution is 2.31. The van der Waals surface area contributed by atoms with Gasteiger partial charge in [-0.15, -0.1) is 6.58 Å². The van der Waals surface area contributed by atoms with Crippen LogP contribution in [-0.2, 0) is 0 Å². The van der Waals surface area contributed by atoms with Gasteiger partial charge in [0.1, 0.15) is 0 Å². The molecule has 2 rings (SSSR count). The van der Waals surface area contributed by atoms with E-state index in [0.717, 1.165) is 36.3 Å². The van der Waals surface area contributed by atoms with Crippen molar-refractivity contribution in [3.05, 3.63) is 53.6 Å². The Bertz CT molecular complexity index is 720. The third-order valence-corrected chi connectivity index (χ3v) is 4.17. The van der Waals surface area contributed by atoms with Crippen LogP contribution in [0.15, 0.2) is 48.0 Å². The zero-order valence-corrected chi connectivity index (χ0v) is 15.3. The molecule has 0 radical (unpaired) electrons. The second-order valence-corrected chi connectivity index (χ2v) is 5.96. The molecule has 0 unspecified atom stereocenters. The van der Waals surface area contributed by atoms with Gasteiger partial charge in [-0.1, -0.05) is 29.8 Å². The summed E-state index contributed by atoms with van der Waals surface area (Å²) in [6, 6.07) is 10.3. The van der Waals surface area contributed by atoms with E-state index in [2.05, 4.69) is 52.6 Å². The summed E-state index contributed by atoms with van der Waals surface area (Å²) in [5.41, 5.74) is 3.93. The van der Waals surface area contributed by atoms with Crippen LogP contribution >= 0.6 is 11.6 Å². The summed E-state index contributed by atoms with van der Waals surface area (Å²) in [5, 5.41) is 0.648. The smallest absolute Gasteiger partial charge is 0.155 e. The first-order valence-electron chi connectivity index (χ1n) is 8.22. The van der Waals surface area contributed by atoms with E-state index in [1.54, 1.807) is 6.21 Å². The summed E-state index contributed by atoms with van der Waals surface area (Å²) < 4.78 is 0. The van der Waals surface area contributed by atoms with Crippen LogP contribution in [0.5, 0.6) is 0 Å². The average molecular weight is 342 g/mol. The van der Waals surface area contributed by atoms with Gasteiger partial charge >= 0.3 is 0 Å². The van der Waals surface area contributed by atoms with E-state index in [-0.39, 0.29) is 0 Å². The van der Waals surface area contributed by atoms with Gasteiger partial charge in [-0.25, -0.2) is 9.98 Å². The molecule has 2 aromatic rings. The lowest BCUT2D eigenvalue weighted by Crippen LogP contribution is -2.23. The van der Waals surface area contributed by atoms with Crippen LogP contribution in [0.2, 0.25) is 5.02 Å². The monoisotopic (exact) mass is 341 g/mol. The van der Waals surface area contributed by atoms with E-state index in [1.807, 2.05) is 26.0 Å². The molecular formula is C20H24ClN3. The van der Waals surface area contributed by atoms with Crippen LogP contribution in [0.3, 0.4) is 0 Å². The van der Waals surface area contributed by atoms with E-state index < -0.39 is 0 Å². The Morgan fingerprint density at radius 2 is 2.00 bits per heavy atom. The highest BCUT2D eigenvalue weighted by atomic mass is 35.5. The quantitative estimate of drug-likeness (QED) is 0.468. The standard InChI is InChI=1S/C20H24ClN3/c1-5-8-13-24(7-3)17-11-9-16(10-12-17)19-18(21)14-15(4)20(23-19)22-6-2/h5-6,9-12,14H,1,7-8,13H2,2-4H3. The second kappa shape index (κ2) is 8.65. The van der Waals surface area contributed by atoms with Gasteiger partial charge in [0.25, 0.3) is 0 Å². The number of anilines is 1. The van der Waals surface area contributed by atoms with Crippen molar-refractivity contribution in [1.29, 1.82) is 0 Å². The van der Waals surface area contributed by atoms with Gasteiger partial charge in [0.05, 0.1) is 10.7 Å². The van der Waals surface area contributed by atoms with E-state index in [1.165, 1.54) is 5.69 Å². The predicted molar refractivity (Wildman–Crippen MR) is 106 cm³/mol. The number of aromatic nitrogens is 1. The molecule has 1 aromatic carbocycles. The summed E-state index contributed by atoms with van der Waals surface area (Å²) in [6.07, 6.45) is 4.66. The van der Waals surface area contributed by atoms with Gasteiger partial charge in [-0.2, -0.15) is 0 Å². The first-order valence-corrected chi connectivity index (χ1v) is 8.60. The third kappa shape index (κ3) is 4.24. The lowest BCUT2D eigenvalue weighted by atomic mass is 10.1. The number of hydrogen-bond acceptors (Lipinski definition) is 3. The molecule has 3 nitrogen and oxygen atoms in total. The molecule has 0 saturated carbocycles. The van der Waals surface area contributed by atoms with Gasteiger partial charge in [0, 0.05) is 30.6 Å². The third-order valence-electron chi connectivity index (χ3n) is 3.88. The van der Waals surface area contributed by atoms with Gasteiger partial charge in [0.2, 0.25) is 0 Å². The Kier molecular flexibility index (Phi) is 6.56. The summed E-state index contributed by atoms with van der Waals surface area (Å²) in [7, 11) is 0. The number of benzene rings is 1. The maximum Gasteiger partial charge on any atom is 0.155 e. The minimum absolute atomic E-state index is 0.648. The van der Waals surface area contributed by atoms with E-state index in [0.29, 0.717) is 10.8 Å². The van der Waals surface area contributed by atoms with Crippen LogP contribution in [0.4, 0.5) is 11.5 Å². The lowest BCUT2D eigenvalue weighted by Gasteiger charge is -2.22. The Morgan fingerprint density at radius 3 is 2.58 bits per heavy atom. The van der Waals surface area contributed by atoms with Crippen molar-refractivity contribution in [3.63, 3.8) is 0 Å². The van der Waals surface area contributed by atoms with Crippen LogP contribution in [0.25, 0.3) is 11.3 Å². The van der Waals surface area contributed by atoms with Crippen molar-refractivity contribution >= 4 is 29.3 Å². The van der Waals surface area contributed by atoms with E-state index >= 15 is 0 Å². The molecule has 4 heteroatoms. The van der Waals surface area contributed by atoms with Crippen molar-refractivity contribution in [1.82, 2.24) is 4.98 Å². The first kappa shape index (κ1) is 18.2. The fraction of sp³-hybridized carbons (Fsp3) is 0.300. The number of rotatable bonds is 7. The number of aryl methyl sites for hydroxylation is 1. The molecule has 0 aliphatic carbocycles. The van der Waals surface area contributed by atoms with Gasteiger partial charge < -0.3 is 4.90 Å². The van der Waals surface area contributed by atoms with Crippen molar-refractivity contribution in [2.45, 2.75) is 27.2 Å². The molecule has 0 N–H and O–H groups in total. The molecule has 0 aliphatic rings. The van der Waals surface area contributed by atoms with Crippen LogP contribution in [-0.4, -0.2) is 24.3 Å². The summed E-state index contributed by atoms with van der Waals surface area (Å²) in [6.45, 7) is 11.7. The van der Waals surface area contributed by atoms with Gasteiger partial charge in [-0.05, 0) is 51.0 Å². The van der Waals surface area contributed by atoms with Gasteiger partial charge in [-0.3, -0.25) is 0 Å². The SMILES string of the molecule is C=CCCN(CC)c1ccc(-c2nc(N=CC)c(C)cc2Cl)cc1. The zero-order valence-electron chi connectivity index (χ0n) is 14.6. The summed E-state index contributed by atoms with van der Waals surface area (Å²) >= 11 is 6.40. The molecule has 0 saturated heterocycles. The fourth-order valence-electron chi connectivity index (χ4n) is 2.57. The van der Waals surface area contributed by atoms with Crippen LogP contribution < -0.4 is 4.90 Å². The number of nitrogens with zero attached hydrogens (tertiary/aromatic N) is 3. The fourth-order valence-corrected chi connectivity index (χ4v) is 2.89. The normalized spacial score (nSPS) is 11.0. The van der Waals surface area contributed by atoms with Crippen molar-refractivity contribution < 1.29 is 0 Å². The molecule has 0 spiro atoms. The summed E-state index contributed by atoms with van der Waals surface area (Å²) in [4.78, 5) is 11.3. The average Bonchev–Trinajstić information content (AvgIpc) is 2.59. The maximum absolute atomic E-state index is 6.40. The van der Waals surface area contributed by atoms with Crippen molar-refractivity contribution in [2.75, 3.05) is 18.0 Å². The first-order chi connectivity index (χ1) is 11.6. The summed E-state index contributed by atoms with van der Waals surface area (Å²) in [5.74, 6) is 0.710. The highest BCUT2D eigenvalue weighted by molar-refractivity contribution is 6.33. The van der Waals surface area contributed by atoms with Gasteiger partial charge in [0.15, 0.2) is 5.82 Å². The number of hydrogen-bond donors (Lipinski definition) is 0. The Morgan fingerprint density at radius 1 is 1.29 bits per heavy atom. The minimum atomic E-state index is 0.648. The molecular weight excluding hydrogens is 318 g/mol. The maximum atomic E-state index is 6.40. The molecule has 0 amide bonds. The molecule has 126 valence electrons. The molecule has 24 heavy (non-hydrogen) atoms. The lowest BCUT2D eigenvalue weighted by molar-refractivity contribution is 0.823. The van der Waals surface area contributed by atoms with E-state index in [4.69, 9.17) is 11.6 Å². The second-order valence-electron chi connectivity index (χ2n) is 5.55. The Hall–Kier alpha value is -2.13. The molecule has 0 atom stereocenters. The highest BCUT2D eigenvalue weighted by Gasteiger charge is 2.10. The molecule has 0 bridgehead atoms. The van der Waals surface area contributed by atoms with E-state index in [9.17, 15) is 0 Å². The Balaban J connectivity index is 2.33. The number of halogens is 1. The topological polar surface area (TPSA) is 28.5 Å². The minimum Gasteiger partial charge on any atom is -0.372 e. The van der Waals surface area contributed by atoms with Crippen molar-refractivity contribution in [2.24, 2.45) is 4.99 Å². The van der Waals surface area contributed by atoms with Crippen LogP contribution in [0.1, 0.15) is 25.8 Å². The molecule has 1 heterocycles. The number of pyridine rings is 1. The Labute approximate surface area is 149 Å². The largest absolute Gasteiger partial charge is 0.372 e. The van der Waals surface area contributed by atoms with Crippen molar-refractivity contribution in [3.8, 4) is 11.3 Å². The zero-order chi connectivity index (χ0) is 17.5. The molecule has 1 aromatic heterocycles. The molecule has 0 fully saturated rings. The number of aliphatic imine (C=N–C) groups is 1. The van der Waals surface area contributed by atoms with Crippen LogP contribution in [0, 0.1) is 6.92 Å². The molecule has 0 aliphatic heterocycles. The predicted octanol–water partition coefficient (Wildman–Crippen LogP) is 5.84.